The zero-order valence-corrected chi connectivity index (χ0v) is 14.8. The van der Waals surface area contributed by atoms with Crippen LogP contribution in [0, 0.1) is 5.41 Å². The second kappa shape index (κ2) is 7.84. The van der Waals surface area contributed by atoms with E-state index in [4.69, 9.17) is 16.3 Å². The Hall–Kier alpha value is -0.810. The quantitative estimate of drug-likeness (QED) is 0.862. The molecular formula is C18H28ClN3O. The molecule has 2 aliphatic rings. The van der Waals surface area contributed by atoms with Gasteiger partial charge in [0.05, 0.1) is 5.02 Å². The van der Waals surface area contributed by atoms with Gasteiger partial charge in [-0.3, -0.25) is 4.90 Å². The molecule has 0 amide bonds. The molecule has 2 saturated heterocycles. The van der Waals surface area contributed by atoms with Gasteiger partial charge in [0.15, 0.2) is 0 Å². The molecule has 0 saturated carbocycles. The first-order valence-corrected chi connectivity index (χ1v) is 9.05. The number of halogens is 1. The molecule has 1 aromatic carbocycles. The van der Waals surface area contributed by atoms with E-state index in [0.717, 1.165) is 25.4 Å². The Balaban J connectivity index is 1.35. The molecule has 0 bridgehead atoms. The van der Waals surface area contributed by atoms with Crippen molar-refractivity contribution in [2.24, 2.45) is 5.41 Å². The van der Waals surface area contributed by atoms with E-state index in [1.165, 1.54) is 39.1 Å². The molecule has 2 fully saturated rings. The highest BCUT2D eigenvalue weighted by molar-refractivity contribution is 6.32. The monoisotopic (exact) mass is 337 g/mol. The van der Waals surface area contributed by atoms with Gasteiger partial charge in [-0.2, -0.15) is 0 Å². The van der Waals surface area contributed by atoms with Crippen LogP contribution < -0.4 is 10.1 Å². The van der Waals surface area contributed by atoms with Gasteiger partial charge in [-0.1, -0.05) is 30.7 Å². The number of nitrogens with zero attached hydrogens (tertiary/aromatic N) is 2. The number of ether oxygens (including phenoxy) is 1. The van der Waals surface area contributed by atoms with Gasteiger partial charge < -0.3 is 15.0 Å². The van der Waals surface area contributed by atoms with Gasteiger partial charge in [-0.15, -0.1) is 0 Å². The number of hydrogen-bond donors (Lipinski definition) is 1. The van der Waals surface area contributed by atoms with Crippen molar-refractivity contribution < 1.29 is 4.74 Å². The highest BCUT2D eigenvalue weighted by atomic mass is 35.5. The summed E-state index contributed by atoms with van der Waals surface area (Å²) in [6, 6.07) is 7.68. The van der Waals surface area contributed by atoms with E-state index >= 15 is 0 Å². The molecule has 3 rings (SSSR count). The number of para-hydroxylation sites is 1. The molecule has 1 N–H and O–H groups in total. The predicted octanol–water partition coefficient (Wildman–Crippen LogP) is 2.34. The van der Waals surface area contributed by atoms with E-state index in [-0.39, 0.29) is 0 Å². The Morgan fingerprint density at radius 1 is 1.17 bits per heavy atom. The van der Waals surface area contributed by atoms with Crippen LogP contribution in [0.3, 0.4) is 0 Å². The van der Waals surface area contributed by atoms with Crippen molar-refractivity contribution in [1.82, 2.24) is 15.1 Å². The van der Waals surface area contributed by atoms with Gasteiger partial charge in [-0.25, -0.2) is 0 Å². The van der Waals surface area contributed by atoms with Crippen LogP contribution >= 0.6 is 11.6 Å². The first-order valence-electron chi connectivity index (χ1n) is 8.67. The van der Waals surface area contributed by atoms with Crippen LogP contribution in [-0.4, -0.2) is 68.8 Å². The fourth-order valence-corrected chi connectivity index (χ4v) is 3.75. The summed E-state index contributed by atoms with van der Waals surface area (Å²) in [5, 5.41) is 4.19. The lowest BCUT2D eigenvalue weighted by molar-refractivity contribution is 0.0882. The third kappa shape index (κ3) is 4.83. The van der Waals surface area contributed by atoms with Gasteiger partial charge in [0.25, 0.3) is 0 Å². The Kier molecular flexibility index (Phi) is 5.81. The Morgan fingerprint density at radius 3 is 2.61 bits per heavy atom. The summed E-state index contributed by atoms with van der Waals surface area (Å²) in [4.78, 5) is 5.11. The van der Waals surface area contributed by atoms with Crippen LogP contribution in [0.5, 0.6) is 5.75 Å². The molecule has 5 heteroatoms. The van der Waals surface area contributed by atoms with E-state index in [1.807, 2.05) is 24.3 Å². The first kappa shape index (κ1) is 17.0. The number of piperazine rings is 1. The lowest BCUT2D eigenvalue weighted by Gasteiger charge is -2.38. The van der Waals surface area contributed by atoms with Crippen LogP contribution in [0.2, 0.25) is 5.02 Å². The number of rotatable bonds is 6. The molecule has 1 aromatic rings. The van der Waals surface area contributed by atoms with Crippen molar-refractivity contribution in [2.45, 2.75) is 13.3 Å². The van der Waals surface area contributed by atoms with Gasteiger partial charge in [0.1, 0.15) is 12.4 Å². The third-order valence-corrected chi connectivity index (χ3v) is 5.34. The zero-order valence-electron chi connectivity index (χ0n) is 14.1. The smallest absolute Gasteiger partial charge is 0.137 e. The van der Waals surface area contributed by atoms with Gasteiger partial charge in [0, 0.05) is 45.8 Å². The van der Waals surface area contributed by atoms with E-state index in [1.54, 1.807) is 0 Å². The summed E-state index contributed by atoms with van der Waals surface area (Å²) in [5.74, 6) is 0.787. The largest absolute Gasteiger partial charge is 0.491 e. The molecule has 128 valence electrons. The van der Waals surface area contributed by atoms with Crippen molar-refractivity contribution in [2.75, 3.05) is 59.0 Å². The molecule has 2 heterocycles. The molecule has 0 radical (unpaired) electrons. The molecule has 0 aromatic heterocycles. The van der Waals surface area contributed by atoms with Crippen LogP contribution in [-0.2, 0) is 0 Å². The normalized spacial score (nSPS) is 26.5. The minimum absolute atomic E-state index is 0.468. The topological polar surface area (TPSA) is 27.7 Å². The Bertz CT molecular complexity index is 497. The second-order valence-electron chi connectivity index (χ2n) is 7.13. The third-order valence-electron chi connectivity index (χ3n) is 5.03. The van der Waals surface area contributed by atoms with Crippen molar-refractivity contribution >= 4 is 11.6 Å². The number of hydrogen-bond acceptors (Lipinski definition) is 4. The van der Waals surface area contributed by atoms with Gasteiger partial charge in [0.2, 0.25) is 0 Å². The fraction of sp³-hybridized carbons (Fsp3) is 0.667. The van der Waals surface area contributed by atoms with E-state index < -0.39 is 0 Å². The van der Waals surface area contributed by atoms with Gasteiger partial charge in [-0.05, 0) is 30.5 Å². The molecule has 23 heavy (non-hydrogen) atoms. The zero-order chi connectivity index (χ0) is 16.1. The van der Waals surface area contributed by atoms with Crippen molar-refractivity contribution in [3.63, 3.8) is 0 Å². The standard InChI is InChI=1S/C18H28ClN3O/c1-18(6-7-20-14-18)15-22-10-8-21(9-11-22)12-13-23-17-5-3-2-4-16(17)19/h2-5,20H,6-15H2,1H3. The summed E-state index contributed by atoms with van der Waals surface area (Å²) >= 11 is 6.11. The summed E-state index contributed by atoms with van der Waals surface area (Å²) in [5.41, 5.74) is 0.468. The molecule has 2 aliphatic heterocycles. The molecule has 4 nitrogen and oxygen atoms in total. The van der Waals surface area contributed by atoms with Crippen molar-refractivity contribution in [3.05, 3.63) is 29.3 Å². The van der Waals surface area contributed by atoms with Crippen molar-refractivity contribution in [3.8, 4) is 5.75 Å². The van der Waals surface area contributed by atoms with Crippen LogP contribution in [0.4, 0.5) is 0 Å². The molecule has 1 atom stereocenters. The molecule has 1 unspecified atom stereocenters. The van der Waals surface area contributed by atoms with E-state index in [9.17, 15) is 0 Å². The summed E-state index contributed by atoms with van der Waals surface area (Å²) in [7, 11) is 0. The fourth-order valence-electron chi connectivity index (χ4n) is 3.56. The summed E-state index contributed by atoms with van der Waals surface area (Å²) in [6.45, 7) is 12.3. The first-order chi connectivity index (χ1) is 11.1. The minimum Gasteiger partial charge on any atom is -0.491 e. The maximum atomic E-state index is 6.11. The maximum Gasteiger partial charge on any atom is 0.137 e. The number of nitrogens with one attached hydrogen (secondary N) is 1. The lowest BCUT2D eigenvalue weighted by Crippen LogP contribution is -2.50. The molecule has 0 spiro atoms. The average Bonchev–Trinajstić information content (AvgIpc) is 2.97. The highest BCUT2D eigenvalue weighted by Gasteiger charge is 2.31. The molecule has 0 aliphatic carbocycles. The Labute approximate surface area is 144 Å². The highest BCUT2D eigenvalue weighted by Crippen LogP contribution is 2.26. The summed E-state index contributed by atoms with van der Waals surface area (Å²) in [6.07, 6.45) is 1.30. The minimum atomic E-state index is 0.468. The maximum absolute atomic E-state index is 6.11. The van der Waals surface area contributed by atoms with E-state index in [2.05, 4.69) is 22.0 Å². The van der Waals surface area contributed by atoms with E-state index in [0.29, 0.717) is 17.0 Å². The van der Waals surface area contributed by atoms with Gasteiger partial charge >= 0.3 is 0 Å². The lowest BCUT2D eigenvalue weighted by atomic mass is 9.89. The SMILES string of the molecule is CC1(CN2CCN(CCOc3ccccc3Cl)CC2)CCNC1. The Morgan fingerprint density at radius 2 is 1.91 bits per heavy atom. The van der Waals surface area contributed by atoms with Crippen molar-refractivity contribution in [1.29, 1.82) is 0 Å². The van der Waals surface area contributed by atoms with Crippen LogP contribution in [0.15, 0.2) is 24.3 Å². The van der Waals surface area contributed by atoms with Crippen LogP contribution in [0.1, 0.15) is 13.3 Å². The predicted molar refractivity (Wildman–Crippen MR) is 95.4 cm³/mol. The second-order valence-corrected chi connectivity index (χ2v) is 7.54. The van der Waals surface area contributed by atoms with Crippen LogP contribution in [0.25, 0.3) is 0 Å². The number of benzene rings is 1. The summed E-state index contributed by atoms with van der Waals surface area (Å²) < 4.78 is 5.79. The average molecular weight is 338 g/mol. The molecular weight excluding hydrogens is 310 g/mol.